The lowest BCUT2D eigenvalue weighted by molar-refractivity contribution is 0.0697. The van der Waals surface area contributed by atoms with Crippen LogP contribution in [0.5, 0.6) is 0 Å². The number of hydrogen-bond acceptors (Lipinski definition) is 3. The van der Waals surface area contributed by atoms with Gasteiger partial charge in [0, 0.05) is 18.2 Å². The lowest BCUT2D eigenvalue weighted by atomic mass is 9.86. The van der Waals surface area contributed by atoms with Gasteiger partial charge in [-0.2, -0.15) is 0 Å². The fraction of sp³-hybridized carbons (Fsp3) is 0.500. The van der Waals surface area contributed by atoms with Crippen molar-refractivity contribution in [3.63, 3.8) is 0 Å². The van der Waals surface area contributed by atoms with Crippen molar-refractivity contribution in [1.29, 1.82) is 0 Å². The van der Waals surface area contributed by atoms with E-state index in [0.717, 1.165) is 25.7 Å². The van der Waals surface area contributed by atoms with Crippen molar-refractivity contribution in [2.24, 2.45) is 5.92 Å². The number of hydrogen-bond donors (Lipinski definition) is 3. The summed E-state index contributed by atoms with van der Waals surface area (Å²) in [6.07, 6.45) is 3.83. The molecule has 0 spiro atoms. The van der Waals surface area contributed by atoms with E-state index in [0.29, 0.717) is 12.2 Å². The third-order valence-electron chi connectivity index (χ3n) is 3.58. The van der Waals surface area contributed by atoms with Crippen LogP contribution in [0, 0.1) is 5.92 Å². The molecule has 0 heterocycles. The van der Waals surface area contributed by atoms with Gasteiger partial charge in [-0.05, 0) is 25.0 Å². The fourth-order valence-corrected chi connectivity index (χ4v) is 2.49. The molecule has 1 fully saturated rings. The molecule has 98 valence electrons. The van der Waals surface area contributed by atoms with Crippen LogP contribution in [-0.2, 0) is 0 Å². The summed E-state index contributed by atoms with van der Waals surface area (Å²) >= 11 is 0. The van der Waals surface area contributed by atoms with Crippen LogP contribution in [0.2, 0.25) is 0 Å². The van der Waals surface area contributed by atoms with E-state index in [1.54, 1.807) is 18.2 Å². The zero-order valence-corrected chi connectivity index (χ0v) is 10.3. The maximum absolute atomic E-state index is 11.0. The third kappa shape index (κ3) is 3.01. The van der Waals surface area contributed by atoms with Gasteiger partial charge in [0.2, 0.25) is 0 Å². The second-order valence-electron chi connectivity index (χ2n) is 4.84. The summed E-state index contributed by atoms with van der Waals surface area (Å²) in [5.41, 5.74) is 0.908. The van der Waals surface area contributed by atoms with E-state index in [1.165, 1.54) is 0 Å². The van der Waals surface area contributed by atoms with Crippen molar-refractivity contribution in [2.45, 2.75) is 31.8 Å². The van der Waals surface area contributed by atoms with Crippen molar-refractivity contribution in [1.82, 2.24) is 0 Å². The summed E-state index contributed by atoms with van der Waals surface area (Å²) in [4.78, 5) is 11.0. The minimum Gasteiger partial charge on any atom is -0.478 e. The number of carboxylic acid groups (broad SMARTS) is 1. The Morgan fingerprint density at radius 2 is 2.00 bits per heavy atom. The van der Waals surface area contributed by atoms with Gasteiger partial charge in [-0.3, -0.25) is 0 Å². The lowest BCUT2D eigenvalue weighted by Crippen LogP contribution is -2.30. The zero-order chi connectivity index (χ0) is 13.0. The van der Waals surface area contributed by atoms with E-state index >= 15 is 0 Å². The van der Waals surface area contributed by atoms with E-state index in [1.807, 2.05) is 6.07 Å². The van der Waals surface area contributed by atoms with Crippen LogP contribution in [0.15, 0.2) is 24.3 Å². The molecule has 2 unspecified atom stereocenters. The molecule has 0 amide bonds. The number of aliphatic hydroxyl groups excluding tert-OH is 1. The van der Waals surface area contributed by atoms with Crippen LogP contribution >= 0.6 is 0 Å². The first-order chi connectivity index (χ1) is 8.68. The van der Waals surface area contributed by atoms with E-state index in [-0.39, 0.29) is 17.6 Å². The van der Waals surface area contributed by atoms with Gasteiger partial charge in [0.15, 0.2) is 0 Å². The fourth-order valence-electron chi connectivity index (χ4n) is 2.49. The number of anilines is 1. The number of para-hydroxylation sites is 1. The minimum absolute atomic E-state index is 0.223. The first-order valence-electron chi connectivity index (χ1n) is 6.42. The molecule has 1 aromatic rings. The van der Waals surface area contributed by atoms with E-state index in [9.17, 15) is 9.90 Å². The summed E-state index contributed by atoms with van der Waals surface area (Å²) in [5, 5.41) is 22.1. The molecule has 1 aliphatic carbocycles. The Labute approximate surface area is 107 Å². The van der Waals surface area contributed by atoms with Gasteiger partial charge >= 0.3 is 5.97 Å². The van der Waals surface area contributed by atoms with Crippen LogP contribution in [0.4, 0.5) is 5.69 Å². The highest BCUT2D eigenvalue weighted by Crippen LogP contribution is 2.25. The Kier molecular flexibility index (Phi) is 4.20. The van der Waals surface area contributed by atoms with Crippen molar-refractivity contribution in [3.05, 3.63) is 29.8 Å². The molecule has 1 aromatic carbocycles. The van der Waals surface area contributed by atoms with E-state index in [4.69, 9.17) is 5.11 Å². The molecule has 0 bridgehead atoms. The molecule has 0 radical (unpaired) electrons. The topological polar surface area (TPSA) is 69.6 Å². The predicted octanol–water partition coefficient (Wildman–Crippen LogP) is 2.35. The highest BCUT2D eigenvalue weighted by molar-refractivity contribution is 5.94. The number of rotatable bonds is 4. The van der Waals surface area contributed by atoms with Gasteiger partial charge in [-0.25, -0.2) is 4.79 Å². The van der Waals surface area contributed by atoms with Crippen LogP contribution < -0.4 is 5.32 Å². The number of nitrogens with one attached hydrogen (secondary N) is 1. The van der Waals surface area contributed by atoms with Crippen LogP contribution in [0.25, 0.3) is 0 Å². The molecular formula is C14H19NO3. The maximum Gasteiger partial charge on any atom is 0.337 e. The third-order valence-corrected chi connectivity index (χ3v) is 3.58. The molecule has 0 aliphatic heterocycles. The lowest BCUT2D eigenvalue weighted by Gasteiger charge is -2.28. The maximum atomic E-state index is 11.0. The summed E-state index contributed by atoms with van der Waals surface area (Å²) in [7, 11) is 0. The SMILES string of the molecule is O=C(O)c1ccccc1NCC1CCCCC1O. The molecule has 4 nitrogen and oxygen atoms in total. The number of aliphatic hydroxyl groups is 1. The van der Waals surface area contributed by atoms with Gasteiger partial charge in [0.1, 0.15) is 0 Å². The second-order valence-corrected chi connectivity index (χ2v) is 4.84. The Morgan fingerprint density at radius 1 is 1.28 bits per heavy atom. The molecule has 18 heavy (non-hydrogen) atoms. The standard InChI is InChI=1S/C14H19NO3/c16-13-8-4-1-5-10(13)9-15-12-7-3-2-6-11(12)14(17)18/h2-3,6-7,10,13,15-16H,1,4-5,8-9H2,(H,17,18). The van der Waals surface area contributed by atoms with Gasteiger partial charge in [-0.1, -0.05) is 25.0 Å². The average molecular weight is 249 g/mol. The smallest absolute Gasteiger partial charge is 0.337 e. The molecular weight excluding hydrogens is 230 g/mol. The quantitative estimate of drug-likeness (QED) is 0.766. The Balaban J connectivity index is 1.99. The van der Waals surface area contributed by atoms with Crippen LogP contribution in [0.3, 0.4) is 0 Å². The normalized spacial score (nSPS) is 23.6. The summed E-state index contributed by atoms with van der Waals surface area (Å²) < 4.78 is 0. The zero-order valence-electron chi connectivity index (χ0n) is 10.3. The van der Waals surface area contributed by atoms with Crippen LogP contribution in [0.1, 0.15) is 36.0 Å². The number of carboxylic acids is 1. The highest BCUT2D eigenvalue weighted by atomic mass is 16.4. The Bertz CT molecular complexity index is 419. The average Bonchev–Trinajstić information content (AvgIpc) is 2.38. The van der Waals surface area contributed by atoms with Crippen molar-refractivity contribution >= 4 is 11.7 Å². The van der Waals surface area contributed by atoms with Crippen LogP contribution in [-0.4, -0.2) is 28.8 Å². The second kappa shape index (κ2) is 5.87. The molecule has 1 saturated carbocycles. The largest absolute Gasteiger partial charge is 0.478 e. The predicted molar refractivity (Wildman–Crippen MR) is 69.9 cm³/mol. The van der Waals surface area contributed by atoms with Crippen molar-refractivity contribution < 1.29 is 15.0 Å². The number of aromatic carboxylic acids is 1. The first-order valence-corrected chi connectivity index (χ1v) is 6.42. The minimum atomic E-state index is -0.928. The van der Waals surface area contributed by atoms with Crippen molar-refractivity contribution in [2.75, 3.05) is 11.9 Å². The van der Waals surface area contributed by atoms with E-state index < -0.39 is 5.97 Å². The molecule has 1 aliphatic rings. The van der Waals surface area contributed by atoms with E-state index in [2.05, 4.69) is 5.32 Å². The summed E-state index contributed by atoms with van der Waals surface area (Å²) in [6.45, 7) is 0.630. The van der Waals surface area contributed by atoms with Gasteiger partial charge in [0.25, 0.3) is 0 Å². The number of carbonyl (C=O) groups is 1. The summed E-state index contributed by atoms with van der Waals surface area (Å²) in [6, 6.07) is 6.87. The molecule has 2 atom stereocenters. The van der Waals surface area contributed by atoms with Gasteiger partial charge in [-0.15, -0.1) is 0 Å². The molecule has 3 N–H and O–H groups in total. The number of benzene rings is 1. The molecule has 0 saturated heterocycles. The Hall–Kier alpha value is -1.55. The highest BCUT2D eigenvalue weighted by Gasteiger charge is 2.23. The summed E-state index contributed by atoms with van der Waals surface area (Å²) in [5.74, 6) is -0.706. The van der Waals surface area contributed by atoms with Gasteiger partial charge < -0.3 is 15.5 Å². The van der Waals surface area contributed by atoms with Gasteiger partial charge in [0.05, 0.1) is 11.7 Å². The Morgan fingerprint density at radius 3 is 2.72 bits per heavy atom. The molecule has 0 aromatic heterocycles. The van der Waals surface area contributed by atoms with Crippen molar-refractivity contribution in [3.8, 4) is 0 Å². The monoisotopic (exact) mass is 249 g/mol. The first kappa shape index (κ1) is 12.9. The molecule has 4 heteroatoms. The molecule has 2 rings (SSSR count).